The lowest BCUT2D eigenvalue weighted by Crippen LogP contribution is -2.58. The zero-order chi connectivity index (χ0) is 13.9. The van der Waals surface area contributed by atoms with Crippen molar-refractivity contribution in [2.24, 2.45) is 17.1 Å². The zero-order valence-corrected chi connectivity index (χ0v) is 12.7. The van der Waals surface area contributed by atoms with Crippen LogP contribution in [0.3, 0.4) is 0 Å². The quantitative estimate of drug-likeness (QED) is 0.825. The van der Waals surface area contributed by atoms with Crippen molar-refractivity contribution >= 4 is 0 Å². The van der Waals surface area contributed by atoms with Crippen molar-refractivity contribution in [3.63, 3.8) is 0 Å². The van der Waals surface area contributed by atoms with Gasteiger partial charge in [0.1, 0.15) is 0 Å². The van der Waals surface area contributed by atoms with Gasteiger partial charge < -0.3 is 15.6 Å². The van der Waals surface area contributed by atoms with Gasteiger partial charge in [-0.3, -0.25) is 0 Å². The molecule has 1 saturated carbocycles. The summed E-state index contributed by atoms with van der Waals surface area (Å²) < 4.78 is 5.76. The fraction of sp³-hybridized carbons (Fsp3) is 1.00. The van der Waals surface area contributed by atoms with Gasteiger partial charge in [-0.25, -0.2) is 0 Å². The number of rotatable bonds is 4. The molecular weight excluding hydrogens is 238 g/mol. The highest BCUT2D eigenvalue weighted by Gasteiger charge is 2.52. The molecule has 0 bridgehead atoms. The lowest BCUT2D eigenvalue weighted by atomic mass is 9.57. The van der Waals surface area contributed by atoms with Crippen LogP contribution in [0.2, 0.25) is 0 Å². The van der Waals surface area contributed by atoms with E-state index in [0.717, 1.165) is 38.0 Å². The molecule has 19 heavy (non-hydrogen) atoms. The van der Waals surface area contributed by atoms with Crippen molar-refractivity contribution in [3.05, 3.63) is 0 Å². The van der Waals surface area contributed by atoms with Crippen LogP contribution >= 0.6 is 0 Å². The minimum absolute atomic E-state index is 0.0663. The predicted molar refractivity (Wildman–Crippen MR) is 78.0 cm³/mol. The summed E-state index contributed by atoms with van der Waals surface area (Å²) in [6.45, 7) is 5.71. The maximum atomic E-state index is 11.3. The smallest absolute Gasteiger partial charge is 0.0762 e. The van der Waals surface area contributed by atoms with E-state index in [1.165, 1.54) is 19.3 Å². The molecule has 0 spiro atoms. The first-order chi connectivity index (χ1) is 9.09. The lowest BCUT2D eigenvalue weighted by molar-refractivity contribution is -0.180. The molecule has 1 aliphatic heterocycles. The van der Waals surface area contributed by atoms with Crippen LogP contribution in [-0.2, 0) is 4.74 Å². The monoisotopic (exact) mass is 269 g/mol. The van der Waals surface area contributed by atoms with Crippen LogP contribution in [0, 0.1) is 11.3 Å². The molecule has 4 unspecified atom stereocenters. The van der Waals surface area contributed by atoms with E-state index < -0.39 is 5.60 Å². The zero-order valence-electron chi connectivity index (χ0n) is 12.7. The van der Waals surface area contributed by atoms with Crippen molar-refractivity contribution in [1.29, 1.82) is 0 Å². The van der Waals surface area contributed by atoms with Gasteiger partial charge in [0.2, 0.25) is 0 Å². The Morgan fingerprint density at radius 2 is 2.00 bits per heavy atom. The molecule has 4 atom stereocenters. The standard InChI is InChI=1S/C16H31NO2/c1-3-13-6-5-7-15(10-13,12-17)16(18)8-9-19-14(4-2)11-16/h13-14,18H,3-12,17H2,1-2H3. The first kappa shape index (κ1) is 15.3. The Bertz CT molecular complexity index is 296. The summed E-state index contributed by atoms with van der Waals surface area (Å²) in [4.78, 5) is 0. The predicted octanol–water partition coefficient (Wildman–Crippen LogP) is 2.85. The van der Waals surface area contributed by atoms with Gasteiger partial charge in [0.05, 0.1) is 11.7 Å². The van der Waals surface area contributed by atoms with E-state index in [4.69, 9.17) is 10.5 Å². The Labute approximate surface area is 117 Å². The summed E-state index contributed by atoms with van der Waals surface area (Å²) >= 11 is 0. The summed E-state index contributed by atoms with van der Waals surface area (Å²) in [5.41, 5.74) is 5.49. The molecule has 0 aromatic carbocycles. The van der Waals surface area contributed by atoms with Crippen LogP contribution in [0.5, 0.6) is 0 Å². The van der Waals surface area contributed by atoms with Gasteiger partial charge in [-0.2, -0.15) is 0 Å². The number of hydrogen-bond donors (Lipinski definition) is 2. The van der Waals surface area contributed by atoms with Crippen LogP contribution in [0.4, 0.5) is 0 Å². The van der Waals surface area contributed by atoms with Crippen LogP contribution in [0.25, 0.3) is 0 Å². The first-order valence-electron chi connectivity index (χ1n) is 8.13. The van der Waals surface area contributed by atoms with Crippen LogP contribution in [0.15, 0.2) is 0 Å². The third kappa shape index (κ3) is 2.84. The van der Waals surface area contributed by atoms with Gasteiger partial charge in [-0.1, -0.05) is 33.1 Å². The number of ether oxygens (including phenoxy) is 1. The fourth-order valence-corrected chi connectivity index (χ4v) is 4.31. The molecule has 2 aliphatic rings. The minimum Gasteiger partial charge on any atom is -0.389 e. The minimum atomic E-state index is -0.603. The van der Waals surface area contributed by atoms with Gasteiger partial charge in [-0.15, -0.1) is 0 Å². The molecule has 3 nitrogen and oxygen atoms in total. The molecule has 0 amide bonds. The molecule has 0 aromatic heterocycles. The Kier molecular flexibility index (Phi) is 4.91. The van der Waals surface area contributed by atoms with E-state index in [0.29, 0.717) is 13.2 Å². The summed E-state index contributed by atoms with van der Waals surface area (Å²) in [6, 6.07) is 0. The Morgan fingerprint density at radius 1 is 1.21 bits per heavy atom. The van der Waals surface area contributed by atoms with Crippen molar-refractivity contribution in [2.45, 2.75) is 76.9 Å². The Balaban J connectivity index is 2.18. The second-order valence-corrected chi connectivity index (χ2v) is 6.74. The number of nitrogens with two attached hydrogens (primary N) is 1. The number of hydrogen-bond acceptors (Lipinski definition) is 3. The highest BCUT2D eigenvalue weighted by molar-refractivity contribution is 5.04. The molecule has 1 heterocycles. The van der Waals surface area contributed by atoms with Crippen LogP contribution < -0.4 is 5.73 Å². The fourth-order valence-electron chi connectivity index (χ4n) is 4.31. The highest BCUT2D eigenvalue weighted by atomic mass is 16.5. The van der Waals surface area contributed by atoms with Crippen molar-refractivity contribution in [1.82, 2.24) is 0 Å². The van der Waals surface area contributed by atoms with E-state index >= 15 is 0 Å². The molecule has 2 rings (SSSR count). The van der Waals surface area contributed by atoms with Gasteiger partial charge >= 0.3 is 0 Å². The molecule has 0 aromatic rings. The molecule has 0 radical (unpaired) electrons. The Morgan fingerprint density at radius 3 is 2.63 bits per heavy atom. The van der Waals surface area contributed by atoms with Crippen LogP contribution in [0.1, 0.15) is 65.2 Å². The van der Waals surface area contributed by atoms with E-state index in [9.17, 15) is 5.11 Å². The maximum absolute atomic E-state index is 11.3. The van der Waals surface area contributed by atoms with Crippen LogP contribution in [-0.4, -0.2) is 30.0 Å². The Hall–Kier alpha value is -0.120. The normalized spacial score (nSPS) is 44.2. The highest BCUT2D eigenvalue weighted by Crippen LogP contribution is 2.51. The van der Waals surface area contributed by atoms with E-state index in [-0.39, 0.29) is 11.5 Å². The first-order valence-corrected chi connectivity index (χ1v) is 8.13. The van der Waals surface area contributed by atoms with Crippen molar-refractivity contribution < 1.29 is 9.84 Å². The summed E-state index contributed by atoms with van der Waals surface area (Å²) in [5, 5.41) is 11.3. The summed E-state index contributed by atoms with van der Waals surface area (Å²) in [6.07, 6.45) is 8.67. The SMILES string of the molecule is CCC1CCCC(CN)(C2(O)CCOC(CC)C2)C1. The molecule has 2 fully saturated rings. The molecular formula is C16H31NO2. The maximum Gasteiger partial charge on any atom is 0.0762 e. The molecule has 1 saturated heterocycles. The van der Waals surface area contributed by atoms with Gasteiger partial charge in [0.25, 0.3) is 0 Å². The largest absolute Gasteiger partial charge is 0.389 e. The molecule has 1 aliphatic carbocycles. The third-order valence-corrected chi connectivity index (χ3v) is 5.79. The summed E-state index contributed by atoms with van der Waals surface area (Å²) in [5.74, 6) is 0.740. The molecule has 3 N–H and O–H groups in total. The van der Waals surface area contributed by atoms with Gasteiger partial charge in [0, 0.05) is 31.4 Å². The van der Waals surface area contributed by atoms with Crippen molar-refractivity contribution in [2.75, 3.05) is 13.2 Å². The third-order valence-electron chi connectivity index (χ3n) is 5.79. The van der Waals surface area contributed by atoms with E-state index in [1.807, 2.05) is 0 Å². The molecule has 112 valence electrons. The average molecular weight is 269 g/mol. The average Bonchev–Trinajstić information content (AvgIpc) is 2.47. The van der Waals surface area contributed by atoms with E-state index in [1.54, 1.807) is 0 Å². The van der Waals surface area contributed by atoms with Crippen molar-refractivity contribution in [3.8, 4) is 0 Å². The van der Waals surface area contributed by atoms with Gasteiger partial charge in [-0.05, 0) is 25.2 Å². The van der Waals surface area contributed by atoms with E-state index in [2.05, 4.69) is 13.8 Å². The number of aliphatic hydroxyl groups is 1. The lowest BCUT2D eigenvalue weighted by Gasteiger charge is -2.54. The molecule has 3 heteroatoms. The topological polar surface area (TPSA) is 55.5 Å². The second kappa shape index (κ2) is 6.11. The van der Waals surface area contributed by atoms with Gasteiger partial charge in [0.15, 0.2) is 0 Å². The summed E-state index contributed by atoms with van der Waals surface area (Å²) in [7, 11) is 0. The second-order valence-electron chi connectivity index (χ2n) is 6.74.